The number of pyridine rings is 1. The topological polar surface area (TPSA) is 85.6 Å². The standard InChI is InChI=1S/C18H20N6OS/c1-12-20-15(11-26-12)9-17(25)21-14-4-5-16-22-23-18(24(16)8-6-14)13-3-2-7-19-10-13/h2-3,7,10-11,14H,4-6,8-9H2,1H3,(H,21,25). The summed E-state index contributed by atoms with van der Waals surface area (Å²) in [6.07, 6.45) is 6.42. The third-order valence-electron chi connectivity index (χ3n) is 4.54. The van der Waals surface area contributed by atoms with Crippen molar-refractivity contribution in [2.24, 2.45) is 0 Å². The number of carbonyl (C=O) groups excluding carboxylic acids is 1. The van der Waals surface area contributed by atoms with Crippen molar-refractivity contribution >= 4 is 17.2 Å². The summed E-state index contributed by atoms with van der Waals surface area (Å²) in [6, 6.07) is 4.03. The van der Waals surface area contributed by atoms with Crippen LogP contribution in [0.4, 0.5) is 0 Å². The van der Waals surface area contributed by atoms with Gasteiger partial charge in [-0.15, -0.1) is 21.5 Å². The molecular formula is C18H20N6OS. The summed E-state index contributed by atoms with van der Waals surface area (Å²) >= 11 is 1.57. The molecule has 0 aliphatic carbocycles. The fourth-order valence-corrected chi connectivity index (χ4v) is 3.89. The number of carbonyl (C=O) groups is 1. The summed E-state index contributed by atoms with van der Waals surface area (Å²) in [5, 5.41) is 14.8. The molecule has 0 spiro atoms. The van der Waals surface area contributed by atoms with E-state index >= 15 is 0 Å². The lowest BCUT2D eigenvalue weighted by Crippen LogP contribution is -2.36. The quantitative estimate of drug-likeness (QED) is 0.763. The predicted molar refractivity (Wildman–Crippen MR) is 98.7 cm³/mol. The summed E-state index contributed by atoms with van der Waals surface area (Å²) in [6.45, 7) is 2.74. The molecule has 1 atom stereocenters. The summed E-state index contributed by atoms with van der Waals surface area (Å²) in [7, 11) is 0. The fraction of sp³-hybridized carbons (Fsp3) is 0.389. The first-order valence-electron chi connectivity index (χ1n) is 8.72. The van der Waals surface area contributed by atoms with Gasteiger partial charge in [0.1, 0.15) is 5.82 Å². The van der Waals surface area contributed by atoms with Gasteiger partial charge in [0, 0.05) is 42.3 Å². The minimum absolute atomic E-state index is 0.0328. The highest BCUT2D eigenvalue weighted by atomic mass is 32.1. The predicted octanol–water partition coefficient (Wildman–Crippen LogP) is 2.17. The molecule has 0 aromatic carbocycles. The second kappa shape index (κ2) is 7.33. The van der Waals surface area contributed by atoms with Gasteiger partial charge in [-0.3, -0.25) is 9.78 Å². The largest absolute Gasteiger partial charge is 0.353 e. The van der Waals surface area contributed by atoms with Gasteiger partial charge >= 0.3 is 0 Å². The Balaban J connectivity index is 1.41. The molecule has 3 aromatic heterocycles. The van der Waals surface area contributed by atoms with E-state index in [1.807, 2.05) is 24.4 Å². The van der Waals surface area contributed by atoms with Crippen molar-refractivity contribution in [1.82, 2.24) is 30.0 Å². The molecular weight excluding hydrogens is 348 g/mol. The SMILES string of the molecule is Cc1nc(CC(=O)NC2CCc3nnc(-c4cccnc4)n3CC2)cs1. The third kappa shape index (κ3) is 3.65. The average Bonchev–Trinajstić information content (AvgIpc) is 3.18. The van der Waals surface area contributed by atoms with E-state index in [4.69, 9.17) is 0 Å². The van der Waals surface area contributed by atoms with Crippen LogP contribution in [0, 0.1) is 6.92 Å². The van der Waals surface area contributed by atoms with E-state index in [-0.39, 0.29) is 11.9 Å². The minimum Gasteiger partial charge on any atom is -0.353 e. The van der Waals surface area contributed by atoms with Crippen LogP contribution in [0.2, 0.25) is 0 Å². The number of hydrogen-bond donors (Lipinski definition) is 1. The molecule has 1 amide bonds. The molecule has 1 aliphatic rings. The number of hydrogen-bond acceptors (Lipinski definition) is 6. The summed E-state index contributed by atoms with van der Waals surface area (Å²) < 4.78 is 2.15. The van der Waals surface area contributed by atoms with Gasteiger partial charge in [-0.2, -0.15) is 0 Å². The number of aryl methyl sites for hydroxylation is 2. The van der Waals surface area contributed by atoms with Crippen LogP contribution >= 0.6 is 11.3 Å². The summed E-state index contributed by atoms with van der Waals surface area (Å²) in [5.74, 6) is 1.85. The van der Waals surface area contributed by atoms with Gasteiger partial charge in [-0.25, -0.2) is 4.98 Å². The number of nitrogens with one attached hydrogen (secondary N) is 1. The minimum atomic E-state index is 0.0328. The molecule has 1 aliphatic heterocycles. The number of rotatable bonds is 4. The first-order valence-corrected chi connectivity index (χ1v) is 9.60. The van der Waals surface area contributed by atoms with Gasteiger partial charge < -0.3 is 9.88 Å². The molecule has 8 heteroatoms. The highest BCUT2D eigenvalue weighted by molar-refractivity contribution is 7.09. The van der Waals surface area contributed by atoms with Gasteiger partial charge in [0.25, 0.3) is 0 Å². The van der Waals surface area contributed by atoms with Crippen LogP contribution in [0.25, 0.3) is 11.4 Å². The van der Waals surface area contributed by atoms with Crippen molar-refractivity contribution in [3.8, 4) is 11.4 Å². The van der Waals surface area contributed by atoms with Crippen LogP contribution in [-0.2, 0) is 24.2 Å². The zero-order valence-corrected chi connectivity index (χ0v) is 15.4. The van der Waals surface area contributed by atoms with E-state index < -0.39 is 0 Å². The zero-order chi connectivity index (χ0) is 17.9. The number of aromatic nitrogens is 5. The summed E-state index contributed by atoms with van der Waals surface area (Å²) in [5.41, 5.74) is 1.81. The normalized spacial score (nSPS) is 16.7. The Bertz CT molecular complexity index is 904. The highest BCUT2D eigenvalue weighted by Crippen LogP contribution is 2.22. The van der Waals surface area contributed by atoms with Gasteiger partial charge in [0.15, 0.2) is 5.82 Å². The van der Waals surface area contributed by atoms with Crippen LogP contribution < -0.4 is 5.32 Å². The second-order valence-electron chi connectivity index (χ2n) is 6.46. The van der Waals surface area contributed by atoms with Crippen LogP contribution in [-0.4, -0.2) is 36.7 Å². The molecule has 0 bridgehead atoms. The Morgan fingerprint density at radius 3 is 3.08 bits per heavy atom. The van der Waals surface area contributed by atoms with Crippen LogP contribution in [0.1, 0.15) is 29.4 Å². The smallest absolute Gasteiger partial charge is 0.226 e. The van der Waals surface area contributed by atoms with Gasteiger partial charge in [-0.05, 0) is 31.9 Å². The molecule has 4 heterocycles. The lowest BCUT2D eigenvalue weighted by molar-refractivity contribution is -0.121. The monoisotopic (exact) mass is 368 g/mol. The number of nitrogens with zero attached hydrogens (tertiary/aromatic N) is 5. The van der Waals surface area contributed by atoms with Crippen molar-refractivity contribution in [2.45, 2.75) is 45.2 Å². The maximum absolute atomic E-state index is 12.3. The zero-order valence-electron chi connectivity index (χ0n) is 14.6. The highest BCUT2D eigenvalue weighted by Gasteiger charge is 2.22. The molecule has 0 fully saturated rings. The molecule has 7 nitrogen and oxygen atoms in total. The van der Waals surface area contributed by atoms with Gasteiger partial charge in [0.05, 0.1) is 17.1 Å². The van der Waals surface area contributed by atoms with Crippen LogP contribution in [0.5, 0.6) is 0 Å². The summed E-state index contributed by atoms with van der Waals surface area (Å²) in [4.78, 5) is 20.8. The lowest BCUT2D eigenvalue weighted by Gasteiger charge is -2.16. The molecule has 3 aromatic rings. The van der Waals surface area contributed by atoms with Gasteiger partial charge in [0.2, 0.25) is 5.91 Å². The second-order valence-corrected chi connectivity index (χ2v) is 7.52. The lowest BCUT2D eigenvalue weighted by atomic mass is 10.1. The molecule has 1 unspecified atom stereocenters. The van der Waals surface area contributed by atoms with E-state index in [0.717, 1.165) is 53.7 Å². The Kier molecular flexibility index (Phi) is 4.75. The first-order chi connectivity index (χ1) is 12.7. The number of fused-ring (bicyclic) bond motifs is 1. The van der Waals surface area contributed by atoms with Crippen molar-refractivity contribution in [3.05, 3.63) is 46.4 Å². The van der Waals surface area contributed by atoms with Crippen LogP contribution in [0.15, 0.2) is 29.9 Å². The Morgan fingerprint density at radius 1 is 1.38 bits per heavy atom. The van der Waals surface area contributed by atoms with E-state index in [1.165, 1.54) is 0 Å². The maximum atomic E-state index is 12.3. The van der Waals surface area contributed by atoms with Crippen LogP contribution in [0.3, 0.4) is 0 Å². The van der Waals surface area contributed by atoms with E-state index in [2.05, 4.69) is 30.0 Å². The Hall–Kier alpha value is -2.61. The maximum Gasteiger partial charge on any atom is 0.226 e. The van der Waals surface area contributed by atoms with Crippen molar-refractivity contribution in [3.63, 3.8) is 0 Å². The molecule has 26 heavy (non-hydrogen) atoms. The average molecular weight is 368 g/mol. The molecule has 0 radical (unpaired) electrons. The first kappa shape index (κ1) is 16.8. The molecule has 0 saturated carbocycles. The number of thiazole rings is 1. The molecule has 1 N–H and O–H groups in total. The van der Waals surface area contributed by atoms with E-state index in [9.17, 15) is 4.79 Å². The Labute approximate surface area is 155 Å². The third-order valence-corrected chi connectivity index (χ3v) is 5.36. The molecule has 134 valence electrons. The molecule has 4 rings (SSSR count). The van der Waals surface area contributed by atoms with E-state index in [1.54, 1.807) is 23.7 Å². The number of amides is 1. The van der Waals surface area contributed by atoms with Gasteiger partial charge in [-0.1, -0.05) is 0 Å². The fourth-order valence-electron chi connectivity index (χ4n) is 3.27. The Morgan fingerprint density at radius 2 is 2.31 bits per heavy atom. The van der Waals surface area contributed by atoms with E-state index in [0.29, 0.717) is 6.42 Å². The van der Waals surface area contributed by atoms with Crippen molar-refractivity contribution < 1.29 is 4.79 Å². The van der Waals surface area contributed by atoms with Crippen molar-refractivity contribution in [1.29, 1.82) is 0 Å². The molecule has 0 saturated heterocycles. The van der Waals surface area contributed by atoms with Crippen molar-refractivity contribution in [2.75, 3.05) is 0 Å².